The second-order valence-electron chi connectivity index (χ2n) is 9.25. The van der Waals surface area contributed by atoms with E-state index in [-0.39, 0.29) is 11.4 Å². The van der Waals surface area contributed by atoms with Crippen molar-refractivity contribution in [2.75, 3.05) is 27.2 Å². The van der Waals surface area contributed by atoms with Crippen LogP contribution in [0.15, 0.2) is 71.1 Å². The Morgan fingerprint density at radius 3 is 2.25 bits per heavy atom. The Morgan fingerprint density at radius 2 is 1.67 bits per heavy atom. The van der Waals surface area contributed by atoms with Crippen LogP contribution in [-0.4, -0.2) is 48.8 Å². The molecule has 0 spiro atoms. The average molecular weight is 499 g/mol. The van der Waals surface area contributed by atoms with Crippen molar-refractivity contribution in [1.29, 1.82) is 0 Å². The number of carbonyl (C=O) groups excluding carboxylic acids is 2. The van der Waals surface area contributed by atoms with Crippen molar-refractivity contribution in [3.63, 3.8) is 0 Å². The Balaban J connectivity index is 1.81. The number of hydrogen-bond donors (Lipinski definition) is 0. The standard InChI is InChI=1S/C28H29F3N2O3/c1-17-24(18(2)34)25(20-9-11-22(12-10-20)28(29,30)31)26(27(35)36-4)23(32(17)3)16-33-14-13-19-7-5-6-8-21(19)15-33/h5-12,25H,13-16H2,1-4H3. The molecular formula is C28H29F3N2O3. The first kappa shape index (κ1) is 25.7. The first-order valence-corrected chi connectivity index (χ1v) is 11.8. The van der Waals surface area contributed by atoms with Crippen molar-refractivity contribution in [1.82, 2.24) is 9.80 Å². The van der Waals surface area contributed by atoms with Crippen LogP contribution in [0.3, 0.4) is 0 Å². The Labute approximate surface area is 208 Å². The van der Waals surface area contributed by atoms with E-state index in [2.05, 4.69) is 17.0 Å². The molecular weight excluding hydrogens is 469 g/mol. The normalized spacial score (nSPS) is 18.9. The number of nitrogens with zero attached hydrogens (tertiary/aromatic N) is 2. The molecule has 0 saturated heterocycles. The van der Waals surface area contributed by atoms with Gasteiger partial charge in [-0.05, 0) is 49.1 Å². The number of fused-ring (bicyclic) bond motifs is 1. The fourth-order valence-corrected chi connectivity index (χ4v) is 5.18. The van der Waals surface area contributed by atoms with Gasteiger partial charge in [0.1, 0.15) is 0 Å². The fourth-order valence-electron chi connectivity index (χ4n) is 5.18. The van der Waals surface area contributed by atoms with Gasteiger partial charge in [0.05, 0.1) is 18.2 Å². The van der Waals surface area contributed by atoms with Crippen LogP contribution < -0.4 is 0 Å². The van der Waals surface area contributed by atoms with Crippen LogP contribution in [0.4, 0.5) is 13.2 Å². The van der Waals surface area contributed by atoms with E-state index in [1.807, 2.05) is 17.0 Å². The second-order valence-corrected chi connectivity index (χ2v) is 9.25. The van der Waals surface area contributed by atoms with E-state index in [0.717, 1.165) is 25.1 Å². The van der Waals surface area contributed by atoms with Gasteiger partial charge >= 0.3 is 12.1 Å². The first-order chi connectivity index (χ1) is 17.0. The number of ether oxygens (including phenoxy) is 1. The van der Waals surface area contributed by atoms with Crippen molar-refractivity contribution >= 4 is 11.8 Å². The van der Waals surface area contributed by atoms with E-state index in [1.54, 1.807) is 14.0 Å². The third-order valence-electron chi connectivity index (χ3n) is 7.13. The summed E-state index contributed by atoms with van der Waals surface area (Å²) in [5.74, 6) is -1.69. The SMILES string of the molecule is COC(=O)C1=C(CN2CCc3ccccc3C2)N(C)C(C)=C(C(C)=O)C1c1ccc(C(F)(F)F)cc1. The number of Topliss-reactive ketones (excluding diaryl/α,β-unsaturated/α-hetero) is 1. The summed E-state index contributed by atoms with van der Waals surface area (Å²) < 4.78 is 44.8. The van der Waals surface area contributed by atoms with Gasteiger partial charge in [0.2, 0.25) is 0 Å². The zero-order valence-electron chi connectivity index (χ0n) is 20.8. The number of rotatable bonds is 5. The lowest BCUT2D eigenvalue weighted by Gasteiger charge is -2.39. The Bertz CT molecular complexity index is 1250. The maximum Gasteiger partial charge on any atom is 0.416 e. The van der Waals surface area contributed by atoms with Crippen LogP contribution in [0, 0.1) is 0 Å². The second kappa shape index (κ2) is 9.93. The molecule has 36 heavy (non-hydrogen) atoms. The zero-order chi connectivity index (χ0) is 26.2. The summed E-state index contributed by atoms with van der Waals surface area (Å²) in [7, 11) is 3.07. The molecule has 0 aromatic heterocycles. The van der Waals surface area contributed by atoms with Gasteiger partial charge < -0.3 is 9.64 Å². The van der Waals surface area contributed by atoms with Crippen molar-refractivity contribution in [2.45, 2.75) is 38.9 Å². The summed E-state index contributed by atoms with van der Waals surface area (Å²) in [6.45, 7) is 5.12. The number of hydrogen-bond acceptors (Lipinski definition) is 5. The topological polar surface area (TPSA) is 49.9 Å². The highest BCUT2D eigenvalue weighted by molar-refractivity contribution is 6.02. The van der Waals surface area contributed by atoms with E-state index >= 15 is 0 Å². The number of methoxy groups -OCH3 is 1. The molecule has 190 valence electrons. The molecule has 1 atom stereocenters. The van der Waals surface area contributed by atoms with Crippen molar-refractivity contribution in [2.24, 2.45) is 0 Å². The van der Waals surface area contributed by atoms with Crippen molar-refractivity contribution in [3.8, 4) is 0 Å². The molecule has 2 aromatic rings. The van der Waals surface area contributed by atoms with Crippen LogP contribution in [0.5, 0.6) is 0 Å². The molecule has 2 aliphatic rings. The lowest BCUT2D eigenvalue weighted by Crippen LogP contribution is -2.40. The lowest BCUT2D eigenvalue weighted by atomic mass is 9.78. The Kier molecular flexibility index (Phi) is 7.09. The number of allylic oxidation sites excluding steroid dienone is 2. The van der Waals surface area contributed by atoms with Crippen LogP contribution in [0.2, 0.25) is 0 Å². The molecule has 0 radical (unpaired) electrons. The monoisotopic (exact) mass is 498 g/mol. The van der Waals surface area contributed by atoms with Crippen LogP contribution in [0.1, 0.15) is 42.0 Å². The predicted molar refractivity (Wildman–Crippen MR) is 130 cm³/mol. The number of alkyl halides is 3. The highest BCUT2D eigenvalue weighted by atomic mass is 19.4. The van der Waals surface area contributed by atoms with Gasteiger partial charge in [-0.15, -0.1) is 0 Å². The summed E-state index contributed by atoms with van der Waals surface area (Å²) in [6.07, 6.45) is -3.62. The maximum absolute atomic E-state index is 13.2. The minimum absolute atomic E-state index is 0.253. The van der Waals surface area contributed by atoms with Crippen LogP contribution in [0.25, 0.3) is 0 Å². The first-order valence-electron chi connectivity index (χ1n) is 11.8. The predicted octanol–water partition coefficient (Wildman–Crippen LogP) is 5.08. The molecule has 4 rings (SSSR count). The molecule has 8 heteroatoms. The highest BCUT2D eigenvalue weighted by Crippen LogP contribution is 2.43. The van der Waals surface area contributed by atoms with Gasteiger partial charge in [-0.2, -0.15) is 13.2 Å². The van der Waals surface area contributed by atoms with E-state index < -0.39 is 23.6 Å². The molecule has 0 fully saturated rings. The minimum atomic E-state index is -4.49. The molecule has 0 bridgehead atoms. The van der Waals surface area contributed by atoms with Gasteiger partial charge in [0, 0.05) is 49.6 Å². The van der Waals surface area contributed by atoms with E-state index in [0.29, 0.717) is 35.6 Å². The van der Waals surface area contributed by atoms with Crippen molar-refractivity contribution < 1.29 is 27.5 Å². The number of likely N-dealkylation sites (N-methyl/N-ethyl adjacent to an activating group) is 1. The maximum atomic E-state index is 13.2. The summed E-state index contributed by atoms with van der Waals surface area (Å²) >= 11 is 0. The van der Waals surface area contributed by atoms with Gasteiger partial charge in [0.15, 0.2) is 5.78 Å². The molecule has 0 saturated carbocycles. The summed E-state index contributed by atoms with van der Waals surface area (Å²) in [6, 6.07) is 12.9. The number of esters is 1. The number of ketones is 1. The highest BCUT2D eigenvalue weighted by Gasteiger charge is 2.40. The largest absolute Gasteiger partial charge is 0.466 e. The van der Waals surface area contributed by atoms with Crippen molar-refractivity contribution in [3.05, 3.63) is 93.3 Å². The molecule has 0 amide bonds. The summed E-state index contributed by atoms with van der Waals surface area (Å²) in [5, 5.41) is 0. The number of benzene rings is 2. The van der Waals surface area contributed by atoms with E-state index in [9.17, 15) is 22.8 Å². The van der Waals surface area contributed by atoms with Gasteiger partial charge in [-0.1, -0.05) is 36.4 Å². The molecule has 2 heterocycles. The fraction of sp³-hybridized carbons (Fsp3) is 0.357. The Morgan fingerprint density at radius 1 is 1.03 bits per heavy atom. The molecule has 5 nitrogen and oxygen atoms in total. The molecule has 0 N–H and O–H groups in total. The van der Waals surface area contributed by atoms with E-state index in [4.69, 9.17) is 4.74 Å². The number of halogens is 3. The lowest BCUT2D eigenvalue weighted by molar-refractivity contribution is -0.138. The van der Waals surface area contributed by atoms with E-state index in [1.165, 1.54) is 37.3 Å². The van der Waals surface area contributed by atoms with Gasteiger partial charge in [-0.25, -0.2) is 4.79 Å². The van der Waals surface area contributed by atoms with Crippen LogP contribution >= 0.6 is 0 Å². The third-order valence-corrected chi connectivity index (χ3v) is 7.13. The quantitative estimate of drug-likeness (QED) is 0.538. The zero-order valence-corrected chi connectivity index (χ0v) is 20.8. The molecule has 2 aliphatic heterocycles. The number of carbonyl (C=O) groups is 2. The van der Waals surface area contributed by atoms with Crippen LogP contribution in [-0.2, 0) is 33.5 Å². The third kappa shape index (κ3) is 4.82. The smallest absolute Gasteiger partial charge is 0.416 e. The molecule has 2 aromatic carbocycles. The summed E-state index contributed by atoms with van der Waals surface area (Å²) in [4.78, 5) is 30.1. The molecule has 0 aliphatic carbocycles. The van der Waals surface area contributed by atoms with Gasteiger partial charge in [0.25, 0.3) is 0 Å². The minimum Gasteiger partial charge on any atom is -0.466 e. The summed E-state index contributed by atoms with van der Waals surface area (Å²) in [5.41, 5.74) is 4.13. The Hall–Kier alpha value is -3.39. The van der Waals surface area contributed by atoms with Gasteiger partial charge in [-0.3, -0.25) is 9.69 Å². The molecule has 1 unspecified atom stereocenters. The average Bonchev–Trinajstić information content (AvgIpc) is 2.85.